The molecule has 1 aliphatic carbocycles. The number of benzene rings is 1. The van der Waals surface area contributed by atoms with Gasteiger partial charge in [0.2, 0.25) is 0 Å². The molecule has 1 heterocycles. The van der Waals surface area contributed by atoms with E-state index >= 15 is 0 Å². The van der Waals surface area contributed by atoms with Gasteiger partial charge < -0.3 is 15.1 Å². The van der Waals surface area contributed by atoms with Crippen LogP contribution in [0, 0.1) is 0 Å². The van der Waals surface area contributed by atoms with Crippen LogP contribution in [0.4, 0.5) is 5.69 Å². The third-order valence-electron chi connectivity index (χ3n) is 2.80. The number of oxazole rings is 1. The number of hydrogen-bond acceptors (Lipinski definition) is 4. The molecule has 1 aromatic heterocycles. The van der Waals surface area contributed by atoms with Gasteiger partial charge in [-0.2, -0.15) is 0 Å². The predicted octanol–water partition coefficient (Wildman–Crippen LogP) is 1.99. The van der Waals surface area contributed by atoms with Crippen molar-refractivity contribution >= 4 is 16.8 Å². The molecule has 1 saturated carbocycles. The zero-order valence-corrected chi connectivity index (χ0v) is 9.07. The second-order valence-corrected chi connectivity index (χ2v) is 4.19. The molecule has 1 aromatic carbocycles. The van der Waals surface area contributed by atoms with E-state index in [2.05, 4.69) is 15.6 Å². The summed E-state index contributed by atoms with van der Waals surface area (Å²) in [5.41, 5.74) is 2.82. The smallest absolute Gasteiger partial charge is 0.181 e. The summed E-state index contributed by atoms with van der Waals surface area (Å²) in [6.07, 6.45) is 4.15. The molecule has 0 aliphatic heterocycles. The SMILES string of the molecule is c1nc2ccc(NCCNC3CC3)cc2o1. The number of nitrogens with zero attached hydrogens (tertiary/aromatic N) is 1. The molecule has 0 atom stereocenters. The van der Waals surface area contributed by atoms with Crippen molar-refractivity contribution in [2.75, 3.05) is 18.4 Å². The van der Waals surface area contributed by atoms with E-state index in [1.165, 1.54) is 19.2 Å². The van der Waals surface area contributed by atoms with Gasteiger partial charge in [-0.15, -0.1) is 0 Å². The molecule has 2 aromatic rings. The molecule has 0 unspecified atom stereocenters. The first-order valence-corrected chi connectivity index (χ1v) is 5.72. The highest BCUT2D eigenvalue weighted by Gasteiger charge is 2.19. The summed E-state index contributed by atoms with van der Waals surface area (Å²) in [7, 11) is 0. The maximum absolute atomic E-state index is 5.25. The molecule has 84 valence electrons. The third kappa shape index (κ3) is 2.17. The van der Waals surface area contributed by atoms with Crippen molar-refractivity contribution in [1.29, 1.82) is 0 Å². The first-order valence-electron chi connectivity index (χ1n) is 5.72. The Morgan fingerprint density at radius 2 is 2.25 bits per heavy atom. The van der Waals surface area contributed by atoms with Gasteiger partial charge in [-0.25, -0.2) is 4.98 Å². The fourth-order valence-corrected chi connectivity index (χ4v) is 1.74. The Labute approximate surface area is 94.0 Å². The molecule has 4 heteroatoms. The fourth-order valence-electron chi connectivity index (χ4n) is 1.74. The highest BCUT2D eigenvalue weighted by molar-refractivity contribution is 5.76. The van der Waals surface area contributed by atoms with Gasteiger partial charge in [-0.3, -0.25) is 0 Å². The number of fused-ring (bicyclic) bond motifs is 1. The van der Waals surface area contributed by atoms with Gasteiger partial charge in [0.1, 0.15) is 5.52 Å². The average Bonchev–Trinajstić information content (AvgIpc) is 3.01. The van der Waals surface area contributed by atoms with Crippen molar-refractivity contribution in [3.63, 3.8) is 0 Å². The summed E-state index contributed by atoms with van der Waals surface area (Å²) in [4.78, 5) is 4.08. The van der Waals surface area contributed by atoms with Crippen LogP contribution in [0.1, 0.15) is 12.8 Å². The van der Waals surface area contributed by atoms with Crippen LogP contribution in [-0.4, -0.2) is 24.1 Å². The Morgan fingerprint density at radius 3 is 3.12 bits per heavy atom. The van der Waals surface area contributed by atoms with Gasteiger partial charge in [0.15, 0.2) is 12.0 Å². The Morgan fingerprint density at radius 1 is 1.31 bits per heavy atom. The zero-order valence-electron chi connectivity index (χ0n) is 9.07. The molecule has 0 bridgehead atoms. The minimum absolute atomic E-state index is 0.776. The normalized spacial score (nSPS) is 15.5. The van der Waals surface area contributed by atoms with Crippen molar-refractivity contribution < 1.29 is 4.42 Å². The van der Waals surface area contributed by atoms with Crippen LogP contribution in [-0.2, 0) is 0 Å². The molecule has 1 aliphatic rings. The van der Waals surface area contributed by atoms with E-state index < -0.39 is 0 Å². The van der Waals surface area contributed by atoms with Crippen molar-refractivity contribution in [1.82, 2.24) is 10.3 Å². The quantitative estimate of drug-likeness (QED) is 0.752. The maximum atomic E-state index is 5.25. The summed E-state index contributed by atoms with van der Waals surface area (Å²) in [6, 6.07) is 6.76. The van der Waals surface area contributed by atoms with E-state index in [1.54, 1.807) is 0 Å². The lowest BCUT2D eigenvalue weighted by Gasteiger charge is -2.06. The summed E-state index contributed by atoms with van der Waals surface area (Å²) >= 11 is 0. The minimum atomic E-state index is 0.776. The molecule has 3 rings (SSSR count). The van der Waals surface area contributed by atoms with Gasteiger partial charge in [-0.1, -0.05) is 0 Å². The van der Waals surface area contributed by atoms with E-state index in [0.717, 1.165) is 35.9 Å². The van der Waals surface area contributed by atoms with Crippen molar-refractivity contribution in [2.24, 2.45) is 0 Å². The van der Waals surface area contributed by atoms with Crippen LogP contribution < -0.4 is 10.6 Å². The van der Waals surface area contributed by atoms with Gasteiger partial charge in [0.25, 0.3) is 0 Å². The number of aromatic nitrogens is 1. The minimum Gasteiger partial charge on any atom is -0.443 e. The number of nitrogens with one attached hydrogen (secondary N) is 2. The van der Waals surface area contributed by atoms with E-state index in [9.17, 15) is 0 Å². The molecule has 0 saturated heterocycles. The molecule has 2 N–H and O–H groups in total. The second-order valence-electron chi connectivity index (χ2n) is 4.19. The maximum Gasteiger partial charge on any atom is 0.181 e. The number of anilines is 1. The topological polar surface area (TPSA) is 50.1 Å². The van der Waals surface area contributed by atoms with Gasteiger partial charge in [0, 0.05) is 30.9 Å². The second kappa shape index (κ2) is 4.14. The molecule has 4 nitrogen and oxygen atoms in total. The monoisotopic (exact) mass is 217 g/mol. The van der Waals surface area contributed by atoms with Crippen molar-refractivity contribution in [2.45, 2.75) is 18.9 Å². The van der Waals surface area contributed by atoms with Crippen LogP contribution in [0.3, 0.4) is 0 Å². The summed E-state index contributed by atoms with van der Waals surface area (Å²) in [5.74, 6) is 0. The first kappa shape index (κ1) is 9.66. The highest BCUT2D eigenvalue weighted by Crippen LogP contribution is 2.19. The van der Waals surface area contributed by atoms with Crippen molar-refractivity contribution in [3.8, 4) is 0 Å². The van der Waals surface area contributed by atoms with Gasteiger partial charge in [-0.05, 0) is 25.0 Å². The Kier molecular flexibility index (Phi) is 2.50. The predicted molar refractivity (Wildman–Crippen MR) is 63.5 cm³/mol. The standard InChI is InChI=1S/C12H15N3O/c1-2-9(1)13-5-6-14-10-3-4-11-12(7-10)16-8-15-11/h3-4,7-9,13-14H,1-2,5-6H2. The average molecular weight is 217 g/mol. The van der Waals surface area contributed by atoms with Crippen LogP contribution >= 0.6 is 0 Å². The van der Waals surface area contributed by atoms with Crippen LogP contribution in [0.5, 0.6) is 0 Å². The van der Waals surface area contributed by atoms with E-state index in [-0.39, 0.29) is 0 Å². The largest absolute Gasteiger partial charge is 0.443 e. The Balaban J connectivity index is 1.55. The summed E-state index contributed by atoms with van der Waals surface area (Å²) in [5, 5.41) is 6.82. The molecule has 0 amide bonds. The molecular weight excluding hydrogens is 202 g/mol. The molecule has 0 spiro atoms. The lowest BCUT2D eigenvalue weighted by Crippen LogP contribution is -2.23. The fraction of sp³-hybridized carbons (Fsp3) is 0.417. The van der Waals surface area contributed by atoms with E-state index in [4.69, 9.17) is 4.42 Å². The molecule has 16 heavy (non-hydrogen) atoms. The summed E-state index contributed by atoms with van der Waals surface area (Å²) < 4.78 is 5.25. The Bertz CT molecular complexity index is 476. The molecule has 0 radical (unpaired) electrons. The van der Waals surface area contributed by atoms with Crippen LogP contribution in [0.15, 0.2) is 29.0 Å². The highest BCUT2D eigenvalue weighted by atomic mass is 16.3. The van der Waals surface area contributed by atoms with Gasteiger partial charge >= 0.3 is 0 Å². The molecule has 1 fully saturated rings. The number of rotatable bonds is 5. The number of hydrogen-bond donors (Lipinski definition) is 2. The Hall–Kier alpha value is -1.55. The lowest BCUT2D eigenvalue weighted by molar-refractivity contribution is 0.602. The van der Waals surface area contributed by atoms with E-state index in [1.807, 2.05) is 18.2 Å². The van der Waals surface area contributed by atoms with Crippen LogP contribution in [0.2, 0.25) is 0 Å². The van der Waals surface area contributed by atoms with Gasteiger partial charge in [0.05, 0.1) is 0 Å². The zero-order chi connectivity index (χ0) is 10.8. The summed E-state index contributed by atoms with van der Waals surface area (Å²) in [6.45, 7) is 1.95. The van der Waals surface area contributed by atoms with Crippen molar-refractivity contribution in [3.05, 3.63) is 24.6 Å². The molecular formula is C12H15N3O. The van der Waals surface area contributed by atoms with Crippen LogP contribution in [0.25, 0.3) is 11.1 Å². The first-order chi connectivity index (χ1) is 7.92. The third-order valence-corrected chi connectivity index (χ3v) is 2.80. The van der Waals surface area contributed by atoms with E-state index in [0.29, 0.717) is 0 Å². The lowest BCUT2D eigenvalue weighted by atomic mass is 10.3.